The van der Waals surface area contributed by atoms with Crippen molar-refractivity contribution in [3.8, 4) is 0 Å². The normalized spacial score (nSPS) is 18.6. The van der Waals surface area contributed by atoms with Crippen LogP contribution in [0, 0.1) is 6.92 Å². The molecule has 1 aromatic heterocycles. The summed E-state index contributed by atoms with van der Waals surface area (Å²) >= 11 is 1.62. The van der Waals surface area contributed by atoms with Gasteiger partial charge in [0.1, 0.15) is 0 Å². The number of amides is 2. The molecule has 2 amide bonds. The van der Waals surface area contributed by atoms with Crippen molar-refractivity contribution < 1.29 is 9.59 Å². The van der Waals surface area contributed by atoms with Crippen LogP contribution in [0.5, 0.6) is 0 Å². The van der Waals surface area contributed by atoms with E-state index >= 15 is 0 Å². The molecular formula is C17H21N3O2S. The van der Waals surface area contributed by atoms with Crippen LogP contribution < -0.4 is 5.32 Å². The molecule has 0 spiro atoms. The van der Waals surface area contributed by atoms with Gasteiger partial charge in [0, 0.05) is 37.0 Å². The highest BCUT2D eigenvalue weighted by molar-refractivity contribution is 7.09. The molecule has 1 aromatic rings. The molecule has 0 radical (unpaired) electrons. The largest absolute Gasteiger partial charge is 0.349 e. The molecular weight excluding hydrogens is 310 g/mol. The summed E-state index contributed by atoms with van der Waals surface area (Å²) in [4.78, 5) is 30.0. The molecule has 23 heavy (non-hydrogen) atoms. The average Bonchev–Trinajstić information content (AvgIpc) is 3.16. The molecule has 3 rings (SSSR count). The summed E-state index contributed by atoms with van der Waals surface area (Å²) in [7, 11) is 0. The fraction of sp³-hybridized carbons (Fsp3) is 0.471. The minimum absolute atomic E-state index is 0.00414. The zero-order valence-electron chi connectivity index (χ0n) is 13.5. The van der Waals surface area contributed by atoms with Gasteiger partial charge in [0.25, 0.3) is 0 Å². The van der Waals surface area contributed by atoms with Crippen LogP contribution in [0.2, 0.25) is 0 Å². The first-order valence-corrected chi connectivity index (χ1v) is 8.80. The molecule has 0 saturated carbocycles. The quantitative estimate of drug-likeness (QED) is 0.924. The minimum atomic E-state index is 0.00414. The van der Waals surface area contributed by atoms with Crippen molar-refractivity contribution in [1.82, 2.24) is 15.2 Å². The van der Waals surface area contributed by atoms with Gasteiger partial charge in [-0.25, -0.2) is 4.98 Å². The van der Waals surface area contributed by atoms with E-state index < -0.39 is 0 Å². The number of nitrogens with one attached hydrogen (secondary N) is 1. The van der Waals surface area contributed by atoms with E-state index in [1.54, 1.807) is 18.3 Å². The Labute approximate surface area is 140 Å². The Morgan fingerprint density at radius 2 is 2.09 bits per heavy atom. The fourth-order valence-electron chi connectivity index (χ4n) is 2.98. The van der Waals surface area contributed by atoms with Crippen molar-refractivity contribution in [3.63, 3.8) is 0 Å². The third-order valence-electron chi connectivity index (χ3n) is 4.35. The van der Waals surface area contributed by atoms with Crippen molar-refractivity contribution >= 4 is 28.7 Å². The molecule has 1 aliphatic heterocycles. The molecule has 2 aliphatic rings. The number of aryl methyl sites for hydroxylation is 1. The van der Waals surface area contributed by atoms with Crippen LogP contribution in [0.15, 0.2) is 23.1 Å². The lowest BCUT2D eigenvalue weighted by atomic mass is 10.0. The van der Waals surface area contributed by atoms with E-state index in [1.807, 2.05) is 23.3 Å². The van der Waals surface area contributed by atoms with E-state index in [-0.39, 0.29) is 17.9 Å². The lowest BCUT2D eigenvalue weighted by Gasteiger charge is -2.31. The van der Waals surface area contributed by atoms with Gasteiger partial charge in [-0.2, -0.15) is 0 Å². The highest BCUT2D eigenvalue weighted by Crippen LogP contribution is 2.27. The van der Waals surface area contributed by atoms with Crippen LogP contribution in [-0.2, 0) is 9.59 Å². The van der Waals surface area contributed by atoms with Crippen LogP contribution in [0.4, 0.5) is 0 Å². The highest BCUT2D eigenvalue weighted by atomic mass is 32.1. The zero-order chi connectivity index (χ0) is 16.4. The molecule has 0 bridgehead atoms. The summed E-state index contributed by atoms with van der Waals surface area (Å²) in [6.45, 7) is 5.02. The summed E-state index contributed by atoms with van der Waals surface area (Å²) in [6.07, 6.45) is 6.30. The number of hydrogen-bond donors (Lipinski definition) is 1. The van der Waals surface area contributed by atoms with Crippen LogP contribution in [0.25, 0.3) is 5.57 Å². The lowest BCUT2D eigenvalue weighted by Crippen LogP contribution is -2.46. The lowest BCUT2D eigenvalue weighted by molar-refractivity contribution is -0.130. The Morgan fingerprint density at radius 3 is 2.70 bits per heavy atom. The average molecular weight is 331 g/mol. The standard InChI is InChI=1S/C17H21N3O2S/c1-11-18-16(10-23-11)13-3-4-14(9-13)17(22)19-15-5-7-20(8-6-15)12(2)21/h3,9-10,15H,4-8H2,1-2H3,(H,19,22). The van der Waals surface area contributed by atoms with Gasteiger partial charge in [-0.3, -0.25) is 9.59 Å². The number of carbonyl (C=O) groups excluding carboxylic acids is 2. The maximum atomic E-state index is 12.4. The second-order valence-corrected chi connectivity index (χ2v) is 7.10. The van der Waals surface area contributed by atoms with Gasteiger partial charge in [-0.15, -0.1) is 11.3 Å². The summed E-state index contributed by atoms with van der Waals surface area (Å²) in [6, 6.07) is 0.157. The SMILES string of the molecule is CC(=O)N1CCC(NC(=O)C2=CC(c3csc(C)n3)=CC2)CC1. The summed E-state index contributed by atoms with van der Waals surface area (Å²) < 4.78 is 0. The molecule has 1 aliphatic carbocycles. The van der Waals surface area contributed by atoms with Gasteiger partial charge in [-0.1, -0.05) is 6.08 Å². The number of allylic oxidation sites excluding steroid dienone is 3. The number of carbonyl (C=O) groups is 2. The molecule has 5 nitrogen and oxygen atoms in total. The summed E-state index contributed by atoms with van der Waals surface area (Å²) in [5.41, 5.74) is 2.77. The molecule has 2 heterocycles. The Kier molecular flexibility index (Phi) is 4.61. The van der Waals surface area contributed by atoms with Gasteiger partial charge in [0.05, 0.1) is 10.7 Å². The van der Waals surface area contributed by atoms with Crippen molar-refractivity contribution in [1.29, 1.82) is 0 Å². The van der Waals surface area contributed by atoms with E-state index in [2.05, 4.69) is 16.4 Å². The minimum Gasteiger partial charge on any atom is -0.349 e. The molecule has 1 saturated heterocycles. The molecule has 0 atom stereocenters. The smallest absolute Gasteiger partial charge is 0.247 e. The van der Waals surface area contributed by atoms with Crippen molar-refractivity contribution in [2.24, 2.45) is 0 Å². The topological polar surface area (TPSA) is 62.3 Å². The first kappa shape index (κ1) is 15.9. The number of nitrogens with zero attached hydrogens (tertiary/aromatic N) is 2. The molecule has 0 unspecified atom stereocenters. The fourth-order valence-corrected chi connectivity index (χ4v) is 3.60. The van der Waals surface area contributed by atoms with E-state index in [1.165, 1.54) is 0 Å². The Hall–Kier alpha value is -1.95. The van der Waals surface area contributed by atoms with Crippen molar-refractivity contribution in [3.05, 3.63) is 33.8 Å². The van der Waals surface area contributed by atoms with Gasteiger partial charge in [0.15, 0.2) is 0 Å². The first-order chi connectivity index (χ1) is 11.0. The number of likely N-dealkylation sites (tertiary alicyclic amines) is 1. The number of hydrogen-bond acceptors (Lipinski definition) is 4. The number of aromatic nitrogens is 1. The van der Waals surface area contributed by atoms with Crippen molar-refractivity contribution in [2.45, 2.75) is 39.2 Å². The second-order valence-electron chi connectivity index (χ2n) is 6.04. The summed E-state index contributed by atoms with van der Waals surface area (Å²) in [5.74, 6) is 0.116. The predicted molar refractivity (Wildman–Crippen MR) is 90.9 cm³/mol. The first-order valence-electron chi connectivity index (χ1n) is 7.92. The van der Waals surface area contributed by atoms with Gasteiger partial charge < -0.3 is 10.2 Å². The number of piperidine rings is 1. The van der Waals surface area contributed by atoms with E-state index in [0.29, 0.717) is 6.42 Å². The Bertz CT molecular complexity index is 682. The van der Waals surface area contributed by atoms with Gasteiger partial charge in [-0.05, 0) is 37.8 Å². The van der Waals surface area contributed by atoms with Crippen molar-refractivity contribution in [2.75, 3.05) is 13.1 Å². The number of rotatable bonds is 3. The van der Waals surface area contributed by atoms with E-state index in [4.69, 9.17) is 0 Å². The Morgan fingerprint density at radius 1 is 1.35 bits per heavy atom. The zero-order valence-corrected chi connectivity index (χ0v) is 14.3. The molecule has 1 fully saturated rings. The molecule has 1 N–H and O–H groups in total. The van der Waals surface area contributed by atoms with E-state index in [9.17, 15) is 9.59 Å². The third kappa shape index (κ3) is 3.69. The van der Waals surface area contributed by atoms with Gasteiger partial charge >= 0.3 is 0 Å². The van der Waals surface area contributed by atoms with E-state index in [0.717, 1.165) is 47.8 Å². The third-order valence-corrected chi connectivity index (χ3v) is 5.13. The van der Waals surface area contributed by atoms with Crippen LogP contribution >= 0.6 is 11.3 Å². The Balaban J connectivity index is 1.55. The maximum absolute atomic E-state index is 12.4. The second kappa shape index (κ2) is 6.66. The highest BCUT2D eigenvalue weighted by Gasteiger charge is 2.24. The predicted octanol–water partition coefficient (Wildman–Crippen LogP) is 2.29. The van der Waals surface area contributed by atoms with Gasteiger partial charge in [0.2, 0.25) is 11.8 Å². The maximum Gasteiger partial charge on any atom is 0.247 e. The number of thiazole rings is 1. The van der Waals surface area contributed by atoms with Crippen LogP contribution in [0.1, 0.15) is 36.9 Å². The van der Waals surface area contributed by atoms with Crippen LogP contribution in [0.3, 0.4) is 0 Å². The molecule has 6 heteroatoms. The van der Waals surface area contributed by atoms with Crippen LogP contribution in [-0.4, -0.2) is 40.8 Å². The molecule has 122 valence electrons. The summed E-state index contributed by atoms with van der Waals surface area (Å²) in [5, 5.41) is 6.16. The molecule has 0 aromatic carbocycles. The monoisotopic (exact) mass is 331 g/mol.